The van der Waals surface area contributed by atoms with Gasteiger partial charge >= 0.3 is 0 Å². The summed E-state index contributed by atoms with van der Waals surface area (Å²) in [6, 6.07) is 13.8. The van der Waals surface area contributed by atoms with Gasteiger partial charge in [0.2, 0.25) is 21.8 Å². The van der Waals surface area contributed by atoms with E-state index in [0.717, 1.165) is 23.8 Å². The molecular formula is C25H34ClN3O4S. The molecule has 0 aromatic heterocycles. The minimum atomic E-state index is -3.51. The van der Waals surface area contributed by atoms with Crippen LogP contribution in [-0.4, -0.2) is 50.5 Å². The number of nitrogens with one attached hydrogen (secondary N) is 1. The van der Waals surface area contributed by atoms with Crippen molar-refractivity contribution in [3.63, 3.8) is 0 Å². The minimum Gasteiger partial charge on any atom is -0.355 e. The van der Waals surface area contributed by atoms with Crippen LogP contribution < -0.4 is 9.62 Å². The number of anilines is 1. The molecule has 0 bridgehead atoms. The second-order valence-corrected chi connectivity index (χ2v) is 10.5. The molecule has 0 fully saturated rings. The second-order valence-electron chi connectivity index (χ2n) is 8.18. The second kappa shape index (κ2) is 12.8. The van der Waals surface area contributed by atoms with Gasteiger partial charge in [0.15, 0.2) is 0 Å². The van der Waals surface area contributed by atoms with Crippen molar-refractivity contribution in [3.05, 3.63) is 64.7 Å². The number of aryl methyl sites for hydroxylation is 1. The molecule has 34 heavy (non-hydrogen) atoms. The molecule has 0 aliphatic heterocycles. The highest BCUT2D eigenvalue weighted by atomic mass is 35.5. The van der Waals surface area contributed by atoms with Crippen LogP contribution in [0.2, 0.25) is 5.02 Å². The number of amides is 2. The lowest BCUT2D eigenvalue weighted by Crippen LogP contribution is -2.47. The molecule has 0 aliphatic carbocycles. The number of nitrogens with zero attached hydrogens (tertiary/aromatic N) is 2. The summed E-state index contributed by atoms with van der Waals surface area (Å²) < 4.78 is 26.1. The Morgan fingerprint density at radius 2 is 1.59 bits per heavy atom. The molecule has 0 saturated heterocycles. The summed E-state index contributed by atoms with van der Waals surface area (Å²) in [5, 5.41) is 3.35. The fourth-order valence-corrected chi connectivity index (χ4v) is 4.68. The first-order valence-electron chi connectivity index (χ1n) is 11.4. The van der Waals surface area contributed by atoms with E-state index in [9.17, 15) is 18.0 Å². The molecule has 2 aromatic rings. The first-order valence-corrected chi connectivity index (χ1v) is 13.7. The van der Waals surface area contributed by atoms with Gasteiger partial charge in [-0.2, -0.15) is 0 Å². The number of hydrogen-bond donors (Lipinski definition) is 1. The SMILES string of the molecule is CCNC(=O)[C@H](C)N(Cc1ccc(Cl)cc1)C(=O)CCCN(c1ccc(CC)cc1)S(C)(=O)=O. The van der Waals surface area contributed by atoms with Gasteiger partial charge in [-0.15, -0.1) is 0 Å². The molecular weight excluding hydrogens is 474 g/mol. The van der Waals surface area contributed by atoms with E-state index in [1.807, 2.05) is 38.1 Å². The normalized spacial score (nSPS) is 12.1. The van der Waals surface area contributed by atoms with E-state index >= 15 is 0 Å². The van der Waals surface area contributed by atoms with E-state index in [1.54, 1.807) is 31.2 Å². The average Bonchev–Trinajstić information content (AvgIpc) is 2.80. The van der Waals surface area contributed by atoms with Crippen LogP contribution >= 0.6 is 11.6 Å². The lowest BCUT2D eigenvalue weighted by Gasteiger charge is -2.29. The first-order chi connectivity index (χ1) is 16.1. The highest BCUT2D eigenvalue weighted by Crippen LogP contribution is 2.20. The molecule has 0 unspecified atom stereocenters. The van der Waals surface area contributed by atoms with Crippen molar-refractivity contribution in [2.75, 3.05) is 23.7 Å². The zero-order valence-electron chi connectivity index (χ0n) is 20.3. The van der Waals surface area contributed by atoms with E-state index in [0.29, 0.717) is 23.7 Å². The predicted molar refractivity (Wildman–Crippen MR) is 137 cm³/mol. The van der Waals surface area contributed by atoms with Crippen LogP contribution in [0.5, 0.6) is 0 Å². The average molecular weight is 508 g/mol. The molecule has 186 valence electrons. The van der Waals surface area contributed by atoms with Crippen molar-refractivity contribution in [1.82, 2.24) is 10.2 Å². The Morgan fingerprint density at radius 1 is 1.00 bits per heavy atom. The Morgan fingerprint density at radius 3 is 2.12 bits per heavy atom. The Kier molecular flexibility index (Phi) is 10.4. The van der Waals surface area contributed by atoms with E-state index in [1.165, 1.54) is 9.21 Å². The molecule has 2 rings (SSSR count). The lowest BCUT2D eigenvalue weighted by molar-refractivity contribution is -0.140. The smallest absolute Gasteiger partial charge is 0.242 e. The van der Waals surface area contributed by atoms with Gasteiger partial charge in [0.25, 0.3) is 0 Å². The number of likely N-dealkylation sites (N-methyl/N-ethyl adjacent to an activating group) is 1. The maximum absolute atomic E-state index is 13.2. The molecule has 0 heterocycles. The molecule has 9 heteroatoms. The topological polar surface area (TPSA) is 86.8 Å². The van der Waals surface area contributed by atoms with Crippen LogP contribution in [0.25, 0.3) is 0 Å². The molecule has 7 nitrogen and oxygen atoms in total. The van der Waals surface area contributed by atoms with Gasteiger partial charge < -0.3 is 10.2 Å². The maximum atomic E-state index is 13.2. The number of hydrogen-bond acceptors (Lipinski definition) is 4. The van der Waals surface area contributed by atoms with Crippen LogP contribution in [0.1, 0.15) is 44.7 Å². The van der Waals surface area contributed by atoms with Gasteiger partial charge in [0, 0.05) is 31.1 Å². The van der Waals surface area contributed by atoms with Crippen molar-refractivity contribution in [2.45, 2.75) is 52.6 Å². The lowest BCUT2D eigenvalue weighted by atomic mass is 10.1. The fourth-order valence-electron chi connectivity index (χ4n) is 3.59. The van der Waals surface area contributed by atoms with Crippen molar-refractivity contribution in [2.24, 2.45) is 0 Å². The number of carbonyl (C=O) groups excluding carboxylic acids is 2. The van der Waals surface area contributed by atoms with Crippen LogP contribution in [0, 0.1) is 0 Å². The fraction of sp³-hybridized carbons (Fsp3) is 0.440. The van der Waals surface area contributed by atoms with Gasteiger partial charge in [0.05, 0.1) is 11.9 Å². The molecule has 0 spiro atoms. The summed E-state index contributed by atoms with van der Waals surface area (Å²) in [6.07, 6.45) is 2.45. The highest BCUT2D eigenvalue weighted by molar-refractivity contribution is 7.92. The summed E-state index contributed by atoms with van der Waals surface area (Å²) in [6.45, 7) is 6.43. The minimum absolute atomic E-state index is 0.108. The van der Waals surface area contributed by atoms with Gasteiger partial charge in [0.1, 0.15) is 6.04 Å². The largest absolute Gasteiger partial charge is 0.355 e. The van der Waals surface area contributed by atoms with Crippen LogP contribution in [0.15, 0.2) is 48.5 Å². The zero-order chi connectivity index (χ0) is 25.3. The summed E-state index contributed by atoms with van der Waals surface area (Å²) >= 11 is 5.97. The summed E-state index contributed by atoms with van der Waals surface area (Å²) in [4.78, 5) is 27.2. The molecule has 0 saturated carbocycles. The summed E-state index contributed by atoms with van der Waals surface area (Å²) in [5.74, 6) is -0.456. The first kappa shape index (κ1) is 27.7. The number of halogens is 1. The number of sulfonamides is 1. The van der Waals surface area contributed by atoms with Gasteiger partial charge in [-0.1, -0.05) is 42.8 Å². The van der Waals surface area contributed by atoms with Crippen molar-refractivity contribution in [3.8, 4) is 0 Å². The van der Waals surface area contributed by atoms with Crippen LogP contribution in [0.4, 0.5) is 5.69 Å². The summed E-state index contributed by atoms with van der Waals surface area (Å²) in [7, 11) is -3.51. The highest BCUT2D eigenvalue weighted by Gasteiger charge is 2.26. The Bertz CT molecular complexity index is 1060. The third kappa shape index (κ3) is 8.02. The quantitative estimate of drug-likeness (QED) is 0.470. The zero-order valence-corrected chi connectivity index (χ0v) is 21.8. The molecule has 0 radical (unpaired) electrons. The molecule has 2 amide bonds. The van der Waals surface area contributed by atoms with Gasteiger partial charge in [-0.25, -0.2) is 8.42 Å². The van der Waals surface area contributed by atoms with Gasteiger partial charge in [-0.3, -0.25) is 13.9 Å². The molecule has 0 aliphatic rings. The third-order valence-corrected chi connectivity index (χ3v) is 7.02. The summed E-state index contributed by atoms with van der Waals surface area (Å²) in [5.41, 5.74) is 2.54. The van der Waals surface area contributed by atoms with Crippen molar-refractivity contribution in [1.29, 1.82) is 0 Å². The number of rotatable bonds is 12. The van der Waals surface area contributed by atoms with Crippen molar-refractivity contribution < 1.29 is 18.0 Å². The third-order valence-electron chi connectivity index (χ3n) is 5.57. The molecule has 1 atom stereocenters. The monoisotopic (exact) mass is 507 g/mol. The standard InChI is InChI=1S/C25H34ClN3O4S/c1-5-20-11-15-23(16-12-20)29(34(4,32)33)17-7-8-24(30)28(19(3)25(31)27-6-2)18-21-9-13-22(26)14-10-21/h9-16,19H,5-8,17-18H2,1-4H3,(H,27,31)/t19-/m0/s1. The Balaban J connectivity index is 2.13. The molecule has 1 N–H and O–H groups in total. The van der Waals surface area contributed by atoms with Crippen LogP contribution in [0.3, 0.4) is 0 Å². The maximum Gasteiger partial charge on any atom is 0.242 e. The predicted octanol–water partition coefficient (Wildman–Crippen LogP) is 4.00. The van der Waals surface area contributed by atoms with E-state index < -0.39 is 16.1 Å². The van der Waals surface area contributed by atoms with Gasteiger partial charge in [-0.05, 0) is 62.1 Å². The van der Waals surface area contributed by atoms with E-state index in [-0.39, 0.29) is 31.3 Å². The Labute approximate surface area is 208 Å². The molecule has 2 aromatic carbocycles. The Hall–Kier alpha value is -2.58. The van der Waals surface area contributed by atoms with E-state index in [2.05, 4.69) is 5.32 Å². The van der Waals surface area contributed by atoms with Crippen molar-refractivity contribution >= 4 is 39.1 Å². The van der Waals surface area contributed by atoms with E-state index in [4.69, 9.17) is 11.6 Å². The number of carbonyl (C=O) groups is 2. The van der Waals surface area contributed by atoms with Crippen LogP contribution in [-0.2, 0) is 32.6 Å². The number of benzene rings is 2.